The molecule has 170 valence electrons. The summed E-state index contributed by atoms with van der Waals surface area (Å²) in [4.78, 5) is 26.3. The van der Waals surface area contributed by atoms with Crippen molar-refractivity contribution in [2.24, 2.45) is 11.8 Å². The maximum atomic E-state index is 12.1. The lowest BCUT2D eigenvalue weighted by molar-refractivity contribution is -0.116. The number of rotatable bonds is 10. The predicted molar refractivity (Wildman–Crippen MR) is 132 cm³/mol. The van der Waals surface area contributed by atoms with Crippen LogP contribution >= 0.6 is 45.3 Å². The third kappa shape index (κ3) is 6.28. The molecule has 2 unspecified atom stereocenters. The average molecular weight is 517 g/mol. The predicted octanol–water partition coefficient (Wildman–Crippen LogP) is 4.30. The van der Waals surface area contributed by atoms with Crippen molar-refractivity contribution >= 4 is 67.4 Å². The van der Waals surface area contributed by atoms with Crippen molar-refractivity contribution in [3.05, 3.63) is 54.8 Å². The van der Waals surface area contributed by atoms with E-state index in [9.17, 15) is 9.59 Å². The third-order valence-corrected chi connectivity index (χ3v) is 8.67. The fraction of sp³-hybridized carbons (Fsp3) is 0.333. The van der Waals surface area contributed by atoms with Crippen molar-refractivity contribution < 1.29 is 9.59 Å². The van der Waals surface area contributed by atoms with Crippen LogP contribution in [0.3, 0.4) is 0 Å². The van der Waals surface area contributed by atoms with Crippen LogP contribution in [-0.4, -0.2) is 32.2 Å². The van der Waals surface area contributed by atoms with Crippen LogP contribution < -0.4 is 10.6 Å². The molecule has 1 aliphatic rings. The summed E-state index contributed by atoms with van der Waals surface area (Å²) < 4.78 is 0. The minimum atomic E-state index is -0.0704. The maximum Gasteiger partial charge on any atom is 0.231 e. The Bertz CT molecular complexity index is 1120. The Labute approximate surface area is 206 Å². The lowest BCUT2D eigenvalue weighted by atomic mass is 10.2. The van der Waals surface area contributed by atoms with Gasteiger partial charge in [-0.3, -0.25) is 9.59 Å². The van der Waals surface area contributed by atoms with Crippen LogP contribution in [-0.2, 0) is 35.3 Å². The van der Waals surface area contributed by atoms with Crippen molar-refractivity contribution in [3.8, 4) is 0 Å². The normalized spacial score (nSPS) is 17.1. The van der Waals surface area contributed by atoms with Crippen molar-refractivity contribution in [2.75, 3.05) is 10.6 Å². The van der Waals surface area contributed by atoms with Crippen LogP contribution in [0, 0.1) is 11.8 Å². The van der Waals surface area contributed by atoms with Crippen molar-refractivity contribution in [3.63, 3.8) is 0 Å². The van der Waals surface area contributed by atoms with E-state index in [2.05, 4.69) is 31.0 Å². The Morgan fingerprint density at radius 1 is 0.788 bits per heavy atom. The Morgan fingerprint density at radius 2 is 1.27 bits per heavy atom. The zero-order valence-corrected chi connectivity index (χ0v) is 20.7. The van der Waals surface area contributed by atoms with Gasteiger partial charge in [-0.25, -0.2) is 0 Å². The fourth-order valence-electron chi connectivity index (χ4n) is 3.50. The van der Waals surface area contributed by atoms with Gasteiger partial charge in [-0.15, -0.1) is 43.1 Å². The van der Waals surface area contributed by atoms with Crippen LogP contribution in [0.15, 0.2) is 35.0 Å². The second-order valence-electron chi connectivity index (χ2n) is 7.77. The number of carbonyl (C=O) groups is 2. The molecule has 0 saturated heterocycles. The molecule has 0 aliphatic heterocycles. The van der Waals surface area contributed by atoms with E-state index in [0.717, 1.165) is 39.0 Å². The van der Waals surface area contributed by atoms with Crippen LogP contribution in [0.2, 0.25) is 0 Å². The van der Waals surface area contributed by atoms with Gasteiger partial charge in [-0.2, -0.15) is 0 Å². The van der Waals surface area contributed by atoms with E-state index in [0.29, 0.717) is 34.9 Å². The first kappa shape index (κ1) is 22.3. The molecule has 0 spiro atoms. The monoisotopic (exact) mass is 516 g/mol. The van der Waals surface area contributed by atoms with Gasteiger partial charge in [-0.05, 0) is 41.1 Å². The Kier molecular flexibility index (Phi) is 6.85. The summed E-state index contributed by atoms with van der Waals surface area (Å²) >= 11 is 6.01. The van der Waals surface area contributed by atoms with Crippen molar-refractivity contribution in [1.82, 2.24) is 20.4 Å². The summed E-state index contributed by atoms with van der Waals surface area (Å²) in [6.45, 7) is 0. The van der Waals surface area contributed by atoms with Gasteiger partial charge in [0, 0.05) is 22.6 Å². The quantitative estimate of drug-likeness (QED) is 0.325. The number of aromatic nitrogens is 4. The standard InChI is InChI=1S/C21H20N6O2S4/c28-16(10-14-3-1-5-30-14)22-20-26-24-18(32-20)8-12-7-13(12)9-19-25-27-21(33-19)23-17(29)11-15-4-2-6-31-15/h1-6,12-13H,7-11H2,(H,22,26,28)(H,23,27,29). The second kappa shape index (κ2) is 10.2. The molecule has 1 saturated carbocycles. The summed E-state index contributed by atoms with van der Waals surface area (Å²) in [6, 6.07) is 7.77. The van der Waals surface area contributed by atoms with Gasteiger partial charge >= 0.3 is 0 Å². The first-order chi connectivity index (χ1) is 16.1. The first-order valence-electron chi connectivity index (χ1n) is 10.4. The zero-order valence-electron chi connectivity index (χ0n) is 17.4. The highest BCUT2D eigenvalue weighted by Gasteiger charge is 2.38. The molecule has 0 aromatic carbocycles. The van der Waals surface area contributed by atoms with Crippen LogP contribution in [0.25, 0.3) is 0 Å². The molecule has 0 bridgehead atoms. The number of nitrogens with one attached hydrogen (secondary N) is 2. The van der Waals surface area contributed by atoms with E-state index in [1.807, 2.05) is 35.0 Å². The number of amides is 2. The minimum absolute atomic E-state index is 0.0704. The molecule has 33 heavy (non-hydrogen) atoms. The highest BCUT2D eigenvalue weighted by Crippen LogP contribution is 2.44. The Morgan fingerprint density at radius 3 is 1.70 bits per heavy atom. The average Bonchev–Trinajstić information content (AvgIpc) is 3.35. The van der Waals surface area contributed by atoms with E-state index in [-0.39, 0.29) is 11.8 Å². The molecular formula is C21H20N6O2S4. The lowest BCUT2D eigenvalue weighted by Gasteiger charge is -1.98. The summed E-state index contributed by atoms with van der Waals surface area (Å²) in [6.07, 6.45) is 3.53. The zero-order chi connectivity index (χ0) is 22.6. The van der Waals surface area contributed by atoms with E-state index >= 15 is 0 Å². The molecule has 2 amide bonds. The molecule has 0 radical (unpaired) electrons. The molecule has 2 atom stereocenters. The van der Waals surface area contributed by atoms with Gasteiger partial charge in [0.15, 0.2) is 0 Å². The van der Waals surface area contributed by atoms with E-state index in [1.54, 1.807) is 22.7 Å². The number of nitrogens with zero attached hydrogens (tertiary/aromatic N) is 4. The van der Waals surface area contributed by atoms with Gasteiger partial charge in [-0.1, -0.05) is 34.8 Å². The van der Waals surface area contributed by atoms with Crippen LogP contribution in [0.5, 0.6) is 0 Å². The molecule has 4 aromatic heterocycles. The van der Waals surface area contributed by atoms with E-state index < -0.39 is 0 Å². The van der Waals surface area contributed by atoms with Crippen molar-refractivity contribution in [2.45, 2.75) is 32.1 Å². The molecule has 4 heterocycles. The number of thiophene rings is 2. The maximum absolute atomic E-state index is 12.1. The smallest absolute Gasteiger partial charge is 0.231 e. The number of hydrogen-bond donors (Lipinski definition) is 2. The Hall–Kier alpha value is -2.54. The van der Waals surface area contributed by atoms with Gasteiger partial charge in [0.25, 0.3) is 0 Å². The number of hydrogen-bond acceptors (Lipinski definition) is 10. The molecule has 1 fully saturated rings. The third-order valence-electron chi connectivity index (χ3n) is 5.20. The first-order valence-corrected chi connectivity index (χ1v) is 13.8. The van der Waals surface area contributed by atoms with Crippen LogP contribution in [0.4, 0.5) is 10.3 Å². The van der Waals surface area contributed by atoms with Crippen molar-refractivity contribution in [1.29, 1.82) is 0 Å². The molecule has 5 rings (SSSR count). The van der Waals surface area contributed by atoms with E-state index in [1.165, 1.54) is 22.7 Å². The van der Waals surface area contributed by atoms with Gasteiger partial charge < -0.3 is 10.6 Å². The summed E-state index contributed by atoms with van der Waals surface area (Å²) in [5, 5.41) is 29.3. The topological polar surface area (TPSA) is 110 Å². The summed E-state index contributed by atoms with van der Waals surface area (Å²) in [5.41, 5.74) is 0. The number of carbonyl (C=O) groups excluding carboxylic acids is 2. The highest BCUT2D eigenvalue weighted by molar-refractivity contribution is 7.15. The van der Waals surface area contributed by atoms with E-state index in [4.69, 9.17) is 0 Å². The SMILES string of the molecule is O=C(Cc1cccs1)Nc1nnc(CC2CC2Cc2nnc(NC(=O)Cc3cccs3)s2)s1. The summed E-state index contributed by atoms with van der Waals surface area (Å²) in [7, 11) is 0. The molecule has 1 aliphatic carbocycles. The fourth-order valence-corrected chi connectivity index (χ4v) is 6.61. The highest BCUT2D eigenvalue weighted by atomic mass is 32.1. The second-order valence-corrected chi connectivity index (χ2v) is 12.0. The molecular weight excluding hydrogens is 497 g/mol. The molecule has 12 heteroatoms. The minimum Gasteiger partial charge on any atom is -0.300 e. The van der Waals surface area contributed by atoms with Crippen LogP contribution in [0.1, 0.15) is 26.2 Å². The number of anilines is 2. The Balaban J connectivity index is 1.05. The molecule has 4 aromatic rings. The largest absolute Gasteiger partial charge is 0.300 e. The van der Waals surface area contributed by atoms with Gasteiger partial charge in [0.2, 0.25) is 22.1 Å². The van der Waals surface area contributed by atoms with Gasteiger partial charge in [0.05, 0.1) is 12.8 Å². The van der Waals surface area contributed by atoms with Gasteiger partial charge in [0.1, 0.15) is 10.0 Å². The summed E-state index contributed by atoms with van der Waals surface area (Å²) in [5.74, 6) is 0.930. The molecule has 2 N–H and O–H groups in total. The molecule has 8 nitrogen and oxygen atoms in total. The lowest BCUT2D eigenvalue weighted by Crippen LogP contribution is -2.13.